The molecule has 8 nitrogen and oxygen atoms in total. The maximum atomic E-state index is 11.7. The molecule has 31 heavy (non-hydrogen) atoms. The van der Waals surface area contributed by atoms with Gasteiger partial charge in [-0.3, -0.25) is 9.59 Å². The van der Waals surface area contributed by atoms with Crippen LogP contribution < -0.4 is 10.9 Å². The Morgan fingerprint density at radius 3 is 1.61 bits per heavy atom. The van der Waals surface area contributed by atoms with Crippen molar-refractivity contribution in [3.63, 3.8) is 0 Å². The first-order valence-corrected chi connectivity index (χ1v) is 11.0. The summed E-state index contributed by atoms with van der Waals surface area (Å²) in [6.45, 7) is 0. The number of amides is 2. The summed E-state index contributed by atoms with van der Waals surface area (Å²) >= 11 is 1.68. The maximum Gasteiger partial charge on any atom is 0.240 e. The monoisotopic (exact) mass is 442 g/mol. The number of carbonyl (C=O) groups is 2. The molecule has 164 valence electrons. The van der Waals surface area contributed by atoms with E-state index in [-0.39, 0.29) is 23.3 Å². The summed E-state index contributed by atoms with van der Waals surface area (Å²) in [5.41, 5.74) is 5.94. The van der Waals surface area contributed by atoms with Crippen LogP contribution in [0.2, 0.25) is 0 Å². The van der Waals surface area contributed by atoms with Gasteiger partial charge in [-0.2, -0.15) is 22.0 Å². The Morgan fingerprint density at radius 2 is 1.19 bits per heavy atom. The summed E-state index contributed by atoms with van der Waals surface area (Å²) in [6, 6.07) is 13.5. The van der Waals surface area contributed by atoms with Crippen LogP contribution in [-0.2, 0) is 9.59 Å². The molecule has 0 aliphatic heterocycles. The predicted octanol–water partition coefficient (Wildman–Crippen LogP) is 2.99. The van der Waals surface area contributed by atoms with Crippen molar-refractivity contribution >= 4 is 36.0 Å². The average molecular weight is 443 g/mol. The van der Waals surface area contributed by atoms with Crippen molar-refractivity contribution in [2.75, 3.05) is 11.5 Å². The first-order valence-electron chi connectivity index (χ1n) is 9.84. The van der Waals surface area contributed by atoms with Crippen molar-refractivity contribution in [2.24, 2.45) is 10.2 Å². The number of rotatable bonds is 12. The molecule has 0 aliphatic rings. The van der Waals surface area contributed by atoms with Gasteiger partial charge < -0.3 is 10.2 Å². The second kappa shape index (κ2) is 13.8. The quantitative estimate of drug-likeness (QED) is 0.229. The van der Waals surface area contributed by atoms with E-state index in [4.69, 9.17) is 0 Å². The van der Waals surface area contributed by atoms with Crippen molar-refractivity contribution < 1.29 is 19.8 Å². The Labute approximate surface area is 185 Å². The fourth-order valence-electron chi connectivity index (χ4n) is 2.42. The lowest BCUT2D eigenvalue weighted by molar-refractivity contribution is -0.121. The number of phenolic OH excluding ortho intramolecular Hbond substituents is 2. The second-order valence-corrected chi connectivity index (χ2v) is 7.75. The van der Waals surface area contributed by atoms with Crippen LogP contribution in [0.15, 0.2) is 58.7 Å². The molecule has 0 unspecified atom stereocenters. The van der Waals surface area contributed by atoms with Crippen LogP contribution in [0.25, 0.3) is 0 Å². The number of hydrazone groups is 2. The van der Waals surface area contributed by atoms with Gasteiger partial charge in [0.2, 0.25) is 11.8 Å². The average Bonchev–Trinajstić information content (AvgIpc) is 2.76. The molecule has 0 aromatic heterocycles. The number of nitrogens with zero attached hydrogens (tertiary/aromatic N) is 2. The summed E-state index contributed by atoms with van der Waals surface area (Å²) in [6.07, 6.45) is 4.93. The molecule has 0 bridgehead atoms. The van der Waals surface area contributed by atoms with Crippen LogP contribution in [0.1, 0.15) is 36.8 Å². The smallest absolute Gasteiger partial charge is 0.240 e. The Balaban J connectivity index is 1.48. The highest BCUT2D eigenvalue weighted by atomic mass is 32.2. The lowest BCUT2D eigenvalue weighted by atomic mass is 10.2. The van der Waals surface area contributed by atoms with Crippen molar-refractivity contribution in [1.82, 2.24) is 10.9 Å². The van der Waals surface area contributed by atoms with Gasteiger partial charge in [-0.15, -0.1) is 0 Å². The van der Waals surface area contributed by atoms with Crippen LogP contribution in [0.3, 0.4) is 0 Å². The zero-order valence-electron chi connectivity index (χ0n) is 17.0. The Bertz CT molecular complexity index is 844. The highest BCUT2D eigenvalue weighted by molar-refractivity contribution is 7.99. The van der Waals surface area contributed by atoms with Crippen LogP contribution in [0, 0.1) is 0 Å². The molecule has 9 heteroatoms. The van der Waals surface area contributed by atoms with Crippen LogP contribution in [0.4, 0.5) is 0 Å². The topological polar surface area (TPSA) is 123 Å². The highest BCUT2D eigenvalue weighted by Gasteiger charge is 2.02. The molecule has 0 aliphatic carbocycles. The number of hydrogen-bond donors (Lipinski definition) is 4. The van der Waals surface area contributed by atoms with E-state index in [1.165, 1.54) is 12.4 Å². The maximum absolute atomic E-state index is 11.7. The molecule has 0 radical (unpaired) electrons. The fourth-order valence-corrected chi connectivity index (χ4v) is 3.33. The molecule has 4 N–H and O–H groups in total. The van der Waals surface area contributed by atoms with Gasteiger partial charge in [0.1, 0.15) is 11.5 Å². The largest absolute Gasteiger partial charge is 0.507 e. The van der Waals surface area contributed by atoms with Gasteiger partial charge in [0, 0.05) is 24.0 Å². The minimum Gasteiger partial charge on any atom is -0.507 e. The Morgan fingerprint density at radius 1 is 0.774 bits per heavy atom. The second-order valence-electron chi connectivity index (χ2n) is 6.52. The molecule has 2 rings (SSSR count). The molecule has 2 aromatic carbocycles. The third-order valence-corrected chi connectivity index (χ3v) is 5.20. The van der Waals surface area contributed by atoms with E-state index in [2.05, 4.69) is 21.1 Å². The minimum absolute atomic E-state index is 0.105. The van der Waals surface area contributed by atoms with Gasteiger partial charge >= 0.3 is 0 Å². The van der Waals surface area contributed by atoms with E-state index in [0.717, 1.165) is 11.5 Å². The number of nitrogens with one attached hydrogen (secondary N) is 2. The molecular formula is C22H26N4O4S. The molecule has 0 atom stereocenters. The lowest BCUT2D eigenvalue weighted by Gasteiger charge is -2.02. The third kappa shape index (κ3) is 9.81. The first kappa shape index (κ1) is 23.9. The van der Waals surface area contributed by atoms with E-state index in [1.54, 1.807) is 60.3 Å². The van der Waals surface area contributed by atoms with Gasteiger partial charge in [0.15, 0.2) is 0 Å². The number of aromatic hydroxyl groups is 2. The van der Waals surface area contributed by atoms with Gasteiger partial charge in [-0.05, 0) is 48.6 Å². The predicted molar refractivity (Wildman–Crippen MR) is 123 cm³/mol. The zero-order valence-corrected chi connectivity index (χ0v) is 17.8. The number of benzene rings is 2. The molecule has 0 spiro atoms. The van der Waals surface area contributed by atoms with Crippen molar-refractivity contribution in [3.05, 3.63) is 59.7 Å². The standard InChI is InChI=1S/C22H26N4O4S/c27-19-9-3-1-7-17(19)15-23-25-21(29)11-5-13-31-14-6-12-22(30)26-24-16-18-8-2-4-10-20(18)28/h1-4,7-10,15-16,27-28H,5-6,11-14H2,(H,25,29)(H,26,30). The normalized spacial score (nSPS) is 11.1. The molecular weight excluding hydrogens is 416 g/mol. The van der Waals surface area contributed by atoms with E-state index in [9.17, 15) is 19.8 Å². The Kier molecular flexibility index (Phi) is 10.7. The summed E-state index contributed by atoms with van der Waals surface area (Å²) in [5.74, 6) is 1.46. The number of carbonyl (C=O) groups excluding carboxylic acids is 2. The third-order valence-electron chi connectivity index (χ3n) is 4.04. The molecule has 2 amide bonds. The summed E-state index contributed by atoms with van der Waals surface area (Å²) in [7, 11) is 0. The van der Waals surface area contributed by atoms with E-state index in [0.29, 0.717) is 36.8 Å². The summed E-state index contributed by atoms with van der Waals surface area (Å²) < 4.78 is 0. The summed E-state index contributed by atoms with van der Waals surface area (Å²) in [4.78, 5) is 23.5. The number of hydrogen-bond acceptors (Lipinski definition) is 7. The SMILES string of the molecule is O=C(CCCSCCCC(=O)NN=Cc1ccccc1O)NN=Cc1ccccc1O. The van der Waals surface area contributed by atoms with Crippen molar-refractivity contribution in [2.45, 2.75) is 25.7 Å². The number of para-hydroxylation sites is 2. The van der Waals surface area contributed by atoms with E-state index >= 15 is 0 Å². The number of thioether (sulfide) groups is 1. The van der Waals surface area contributed by atoms with Crippen LogP contribution >= 0.6 is 11.8 Å². The highest BCUT2D eigenvalue weighted by Crippen LogP contribution is 2.13. The fraction of sp³-hybridized carbons (Fsp3) is 0.273. The van der Waals surface area contributed by atoms with Gasteiger partial charge in [0.05, 0.1) is 12.4 Å². The van der Waals surface area contributed by atoms with Crippen LogP contribution in [-0.4, -0.2) is 46.0 Å². The summed E-state index contributed by atoms with van der Waals surface area (Å²) in [5, 5.41) is 26.9. The molecule has 0 fully saturated rings. The van der Waals surface area contributed by atoms with Gasteiger partial charge in [-0.1, -0.05) is 24.3 Å². The van der Waals surface area contributed by atoms with E-state index < -0.39 is 0 Å². The van der Waals surface area contributed by atoms with E-state index in [1.807, 2.05) is 0 Å². The van der Waals surface area contributed by atoms with Gasteiger partial charge in [-0.25, -0.2) is 10.9 Å². The molecule has 2 aromatic rings. The number of phenols is 2. The molecule has 0 saturated carbocycles. The van der Waals surface area contributed by atoms with Crippen molar-refractivity contribution in [1.29, 1.82) is 0 Å². The Hall–Kier alpha value is -3.33. The van der Waals surface area contributed by atoms with Crippen molar-refractivity contribution in [3.8, 4) is 11.5 Å². The van der Waals surface area contributed by atoms with Crippen LogP contribution in [0.5, 0.6) is 11.5 Å². The molecule has 0 saturated heterocycles. The van der Waals surface area contributed by atoms with Gasteiger partial charge in [0.25, 0.3) is 0 Å². The zero-order chi connectivity index (χ0) is 22.3. The lowest BCUT2D eigenvalue weighted by Crippen LogP contribution is -2.17. The molecule has 0 heterocycles. The minimum atomic E-state index is -0.186. The first-order chi connectivity index (χ1) is 15.1.